The molecule has 1 saturated carbocycles. The normalized spacial score (nSPS) is 14.8. The van der Waals surface area contributed by atoms with Gasteiger partial charge < -0.3 is 15.5 Å². The SMILES string of the molecule is CN(CCNCC(=O)NCCC#N)C1CC1. The van der Waals surface area contributed by atoms with Crippen LogP contribution in [0.25, 0.3) is 0 Å². The molecule has 0 aromatic carbocycles. The Balaban J connectivity index is 1.89. The van der Waals surface area contributed by atoms with Crippen molar-refractivity contribution in [2.45, 2.75) is 25.3 Å². The maximum atomic E-state index is 11.2. The van der Waals surface area contributed by atoms with Crippen LogP contribution in [-0.2, 0) is 4.79 Å². The van der Waals surface area contributed by atoms with Crippen LogP contribution >= 0.6 is 0 Å². The molecule has 5 nitrogen and oxygen atoms in total. The number of hydrogen-bond acceptors (Lipinski definition) is 4. The molecule has 1 rings (SSSR count). The van der Waals surface area contributed by atoms with Crippen molar-refractivity contribution in [1.29, 1.82) is 5.26 Å². The van der Waals surface area contributed by atoms with Crippen molar-refractivity contribution in [3.05, 3.63) is 0 Å². The van der Waals surface area contributed by atoms with Crippen LogP contribution in [0.15, 0.2) is 0 Å². The molecule has 90 valence electrons. The van der Waals surface area contributed by atoms with Gasteiger partial charge in [0.25, 0.3) is 0 Å². The molecule has 0 heterocycles. The molecule has 2 N–H and O–H groups in total. The molecular formula is C11H20N4O. The fourth-order valence-corrected chi connectivity index (χ4v) is 1.48. The van der Waals surface area contributed by atoms with Crippen molar-refractivity contribution >= 4 is 5.91 Å². The van der Waals surface area contributed by atoms with E-state index >= 15 is 0 Å². The highest BCUT2D eigenvalue weighted by Gasteiger charge is 2.25. The van der Waals surface area contributed by atoms with E-state index in [2.05, 4.69) is 22.6 Å². The van der Waals surface area contributed by atoms with Crippen molar-refractivity contribution in [3.63, 3.8) is 0 Å². The van der Waals surface area contributed by atoms with Gasteiger partial charge in [0.2, 0.25) is 5.91 Å². The lowest BCUT2D eigenvalue weighted by Crippen LogP contribution is -2.38. The Kier molecular flexibility index (Phi) is 5.83. The first-order chi connectivity index (χ1) is 7.74. The molecule has 1 amide bonds. The smallest absolute Gasteiger partial charge is 0.233 e. The molecule has 0 aromatic heterocycles. The first-order valence-corrected chi connectivity index (χ1v) is 5.78. The van der Waals surface area contributed by atoms with Gasteiger partial charge in [-0.15, -0.1) is 0 Å². The minimum absolute atomic E-state index is 0.0377. The third-order valence-electron chi connectivity index (χ3n) is 2.66. The Hall–Kier alpha value is -1.12. The fourth-order valence-electron chi connectivity index (χ4n) is 1.48. The summed E-state index contributed by atoms with van der Waals surface area (Å²) in [6.45, 7) is 2.59. The lowest BCUT2D eigenvalue weighted by Gasteiger charge is -2.15. The van der Waals surface area contributed by atoms with Gasteiger partial charge in [0.1, 0.15) is 0 Å². The number of likely N-dealkylation sites (N-methyl/N-ethyl adjacent to an activating group) is 1. The predicted molar refractivity (Wildman–Crippen MR) is 61.8 cm³/mol. The second-order valence-corrected chi connectivity index (χ2v) is 4.15. The maximum Gasteiger partial charge on any atom is 0.233 e. The molecular weight excluding hydrogens is 204 g/mol. The van der Waals surface area contributed by atoms with E-state index < -0.39 is 0 Å². The summed E-state index contributed by atoms with van der Waals surface area (Å²) in [6.07, 6.45) is 2.99. The van der Waals surface area contributed by atoms with Crippen LogP contribution in [0, 0.1) is 11.3 Å². The molecule has 16 heavy (non-hydrogen) atoms. The van der Waals surface area contributed by atoms with E-state index in [1.54, 1.807) is 0 Å². The number of amides is 1. The van der Waals surface area contributed by atoms with Crippen LogP contribution in [-0.4, -0.2) is 50.1 Å². The van der Waals surface area contributed by atoms with Crippen LogP contribution < -0.4 is 10.6 Å². The molecule has 0 spiro atoms. The molecule has 0 unspecified atom stereocenters. The Morgan fingerprint density at radius 1 is 1.50 bits per heavy atom. The molecule has 0 bridgehead atoms. The summed E-state index contributed by atoms with van der Waals surface area (Å²) < 4.78 is 0. The van der Waals surface area contributed by atoms with Gasteiger partial charge in [-0.1, -0.05) is 0 Å². The first-order valence-electron chi connectivity index (χ1n) is 5.78. The molecule has 1 aliphatic carbocycles. The number of nitrogens with zero attached hydrogens (tertiary/aromatic N) is 2. The molecule has 0 atom stereocenters. The summed E-state index contributed by atoms with van der Waals surface area (Å²) in [5.41, 5.74) is 0. The summed E-state index contributed by atoms with van der Waals surface area (Å²) in [4.78, 5) is 13.5. The average molecular weight is 224 g/mol. The first kappa shape index (κ1) is 12.9. The quantitative estimate of drug-likeness (QED) is 0.555. The van der Waals surface area contributed by atoms with Crippen molar-refractivity contribution in [3.8, 4) is 6.07 Å². The number of hydrogen-bond donors (Lipinski definition) is 2. The van der Waals surface area contributed by atoms with Crippen LogP contribution in [0.5, 0.6) is 0 Å². The van der Waals surface area contributed by atoms with E-state index in [-0.39, 0.29) is 5.91 Å². The zero-order valence-electron chi connectivity index (χ0n) is 9.83. The Morgan fingerprint density at radius 3 is 2.88 bits per heavy atom. The van der Waals surface area contributed by atoms with E-state index in [9.17, 15) is 4.79 Å². The van der Waals surface area contributed by atoms with E-state index in [0.29, 0.717) is 19.5 Å². The third kappa shape index (κ3) is 5.69. The predicted octanol–water partition coefficient (Wildman–Crippen LogP) is -0.300. The summed E-state index contributed by atoms with van der Waals surface area (Å²) >= 11 is 0. The molecule has 5 heteroatoms. The second kappa shape index (κ2) is 7.20. The number of carbonyl (C=O) groups excluding carboxylic acids is 1. The van der Waals surface area contributed by atoms with E-state index in [1.807, 2.05) is 6.07 Å². The summed E-state index contributed by atoms with van der Waals surface area (Å²) in [5, 5.41) is 14.0. The second-order valence-electron chi connectivity index (χ2n) is 4.15. The highest BCUT2D eigenvalue weighted by atomic mass is 16.1. The molecule has 0 aliphatic heterocycles. The lowest BCUT2D eigenvalue weighted by atomic mass is 10.4. The van der Waals surface area contributed by atoms with Gasteiger partial charge in [0.15, 0.2) is 0 Å². The Morgan fingerprint density at radius 2 is 2.25 bits per heavy atom. The van der Waals surface area contributed by atoms with Crippen LogP contribution in [0.4, 0.5) is 0 Å². The fraction of sp³-hybridized carbons (Fsp3) is 0.818. The molecule has 0 saturated heterocycles. The summed E-state index contributed by atoms with van der Waals surface area (Å²) in [5.74, 6) is -0.0377. The van der Waals surface area contributed by atoms with Gasteiger partial charge >= 0.3 is 0 Å². The van der Waals surface area contributed by atoms with Gasteiger partial charge in [0, 0.05) is 25.7 Å². The van der Waals surface area contributed by atoms with Gasteiger partial charge in [-0.3, -0.25) is 4.79 Å². The van der Waals surface area contributed by atoms with Crippen molar-refractivity contribution in [1.82, 2.24) is 15.5 Å². The minimum atomic E-state index is -0.0377. The van der Waals surface area contributed by atoms with E-state index in [0.717, 1.165) is 19.1 Å². The zero-order valence-corrected chi connectivity index (χ0v) is 9.83. The van der Waals surface area contributed by atoms with E-state index in [1.165, 1.54) is 12.8 Å². The summed E-state index contributed by atoms with van der Waals surface area (Å²) in [6, 6.07) is 2.75. The van der Waals surface area contributed by atoms with Crippen molar-refractivity contribution in [2.75, 3.05) is 33.2 Å². The van der Waals surface area contributed by atoms with Crippen LogP contribution in [0.3, 0.4) is 0 Å². The lowest BCUT2D eigenvalue weighted by molar-refractivity contribution is -0.120. The Bertz CT molecular complexity index is 257. The summed E-state index contributed by atoms with van der Waals surface area (Å²) in [7, 11) is 2.12. The third-order valence-corrected chi connectivity index (χ3v) is 2.66. The highest BCUT2D eigenvalue weighted by Crippen LogP contribution is 2.24. The monoisotopic (exact) mass is 224 g/mol. The van der Waals surface area contributed by atoms with Crippen molar-refractivity contribution < 1.29 is 4.79 Å². The zero-order chi connectivity index (χ0) is 11.8. The number of nitrogens with one attached hydrogen (secondary N) is 2. The number of carbonyl (C=O) groups is 1. The average Bonchev–Trinajstić information content (AvgIpc) is 3.08. The number of nitriles is 1. The molecule has 1 aliphatic rings. The van der Waals surface area contributed by atoms with Gasteiger partial charge in [-0.2, -0.15) is 5.26 Å². The van der Waals surface area contributed by atoms with Gasteiger partial charge in [0.05, 0.1) is 19.0 Å². The molecule has 1 fully saturated rings. The van der Waals surface area contributed by atoms with Crippen LogP contribution in [0.2, 0.25) is 0 Å². The maximum absolute atomic E-state index is 11.2. The molecule has 0 aromatic rings. The largest absolute Gasteiger partial charge is 0.354 e. The number of rotatable bonds is 8. The highest BCUT2D eigenvalue weighted by molar-refractivity contribution is 5.77. The van der Waals surface area contributed by atoms with Gasteiger partial charge in [-0.05, 0) is 19.9 Å². The van der Waals surface area contributed by atoms with Gasteiger partial charge in [-0.25, -0.2) is 0 Å². The van der Waals surface area contributed by atoms with Crippen LogP contribution in [0.1, 0.15) is 19.3 Å². The minimum Gasteiger partial charge on any atom is -0.354 e. The Labute approximate surface area is 96.8 Å². The molecule has 0 radical (unpaired) electrons. The topological polar surface area (TPSA) is 68.2 Å². The van der Waals surface area contributed by atoms with Crippen molar-refractivity contribution in [2.24, 2.45) is 0 Å². The van der Waals surface area contributed by atoms with E-state index in [4.69, 9.17) is 5.26 Å². The standard InChI is InChI=1S/C11H20N4O/c1-15(10-3-4-10)8-7-13-9-11(16)14-6-2-5-12/h10,13H,2-4,6-9H2,1H3,(H,14,16).